The van der Waals surface area contributed by atoms with Crippen molar-refractivity contribution in [2.75, 3.05) is 39.8 Å². The molecule has 32 heavy (non-hydrogen) atoms. The van der Waals surface area contributed by atoms with Crippen LogP contribution in [0.4, 0.5) is 0 Å². The van der Waals surface area contributed by atoms with Crippen LogP contribution in [0.25, 0.3) is 0 Å². The van der Waals surface area contributed by atoms with Crippen LogP contribution >= 0.6 is 0 Å². The Kier molecular flexibility index (Phi) is 7.77. The number of rotatable bonds is 8. The highest BCUT2D eigenvalue weighted by Gasteiger charge is 2.22. The van der Waals surface area contributed by atoms with Crippen LogP contribution in [0.3, 0.4) is 0 Å². The number of benzene rings is 2. The Balaban J connectivity index is 1.55. The molecule has 7 heteroatoms. The van der Waals surface area contributed by atoms with E-state index >= 15 is 0 Å². The molecule has 2 aromatic rings. The molecule has 0 saturated carbocycles. The molecule has 1 aliphatic rings. The second kappa shape index (κ2) is 10.3. The number of aromatic hydroxyl groups is 2. The van der Waals surface area contributed by atoms with Crippen LogP contribution in [0.5, 0.6) is 11.5 Å². The van der Waals surface area contributed by atoms with Gasteiger partial charge in [-0.2, -0.15) is 0 Å². The molecule has 4 N–H and O–H groups in total. The minimum Gasteiger partial charge on any atom is -0.508 e. The fourth-order valence-electron chi connectivity index (χ4n) is 4.07. The first-order valence-electron chi connectivity index (χ1n) is 11.1. The monoisotopic (exact) mass is 441 g/mol. The van der Waals surface area contributed by atoms with E-state index in [1.807, 2.05) is 17.0 Å². The highest BCUT2D eigenvalue weighted by atomic mass is 16.3. The highest BCUT2D eigenvalue weighted by Crippen LogP contribution is 2.25. The molecule has 0 bridgehead atoms. The molecule has 1 fully saturated rings. The number of hydrogen-bond acceptors (Lipinski definition) is 6. The molecule has 1 saturated heterocycles. The molecule has 174 valence electrons. The van der Waals surface area contributed by atoms with Crippen LogP contribution in [0.1, 0.15) is 36.6 Å². The first-order chi connectivity index (χ1) is 15.1. The molecule has 1 unspecified atom stereocenters. The summed E-state index contributed by atoms with van der Waals surface area (Å²) in [5, 5.41) is 33.1. The van der Waals surface area contributed by atoms with E-state index in [-0.39, 0.29) is 29.5 Å². The molecule has 3 rings (SSSR count). The third-order valence-electron chi connectivity index (χ3n) is 5.93. The normalized spacial score (nSPS) is 16.2. The number of nitrogens with one attached hydrogen (secondary N) is 1. The summed E-state index contributed by atoms with van der Waals surface area (Å²) in [5.74, 6) is 0.00705. The van der Waals surface area contributed by atoms with Gasteiger partial charge < -0.3 is 30.4 Å². The van der Waals surface area contributed by atoms with Crippen molar-refractivity contribution in [3.05, 3.63) is 59.2 Å². The smallest absolute Gasteiger partial charge is 0.227 e. The second-order valence-corrected chi connectivity index (χ2v) is 9.42. The summed E-state index contributed by atoms with van der Waals surface area (Å²) >= 11 is 0. The minimum absolute atomic E-state index is 0.0822. The maximum atomic E-state index is 12.7. The number of β-amino-alcohol motifs (C(OH)–C–C–N with tert-alkyl or cyclic N) is 1. The lowest BCUT2D eigenvalue weighted by atomic mass is 9.93. The number of aliphatic hydroxyl groups excluding tert-OH is 1. The van der Waals surface area contributed by atoms with Gasteiger partial charge >= 0.3 is 0 Å². The number of phenolic OH excluding ortho intramolecular Hbond substituents is 2. The summed E-state index contributed by atoms with van der Waals surface area (Å²) in [7, 11) is 2.08. The van der Waals surface area contributed by atoms with Gasteiger partial charge in [0.2, 0.25) is 5.91 Å². The molecule has 0 radical (unpaired) electrons. The van der Waals surface area contributed by atoms with Gasteiger partial charge in [0.05, 0.1) is 12.5 Å². The fourth-order valence-corrected chi connectivity index (χ4v) is 4.07. The fraction of sp³-hybridized carbons (Fsp3) is 0.480. The van der Waals surface area contributed by atoms with Crippen LogP contribution < -0.4 is 5.32 Å². The van der Waals surface area contributed by atoms with E-state index in [4.69, 9.17) is 0 Å². The quantitative estimate of drug-likeness (QED) is 0.501. The number of amides is 1. The number of likely N-dealkylation sites (N-methyl/N-ethyl adjacent to an activating group) is 1. The van der Waals surface area contributed by atoms with E-state index in [9.17, 15) is 20.1 Å². The van der Waals surface area contributed by atoms with Crippen molar-refractivity contribution in [1.29, 1.82) is 0 Å². The van der Waals surface area contributed by atoms with E-state index in [2.05, 4.69) is 43.2 Å². The van der Waals surface area contributed by atoms with Gasteiger partial charge in [-0.05, 0) is 56.1 Å². The molecule has 7 nitrogen and oxygen atoms in total. The van der Waals surface area contributed by atoms with Gasteiger partial charge in [0, 0.05) is 44.3 Å². The SMILES string of the molecule is CN1CCN(C(=O)Cc2cccc(CC(C)(C)NCC(O)c3cc(O)cc(O)c3)c2)CC1. The van der Waals surface area contributed by atoms with Gasteiger partial charge in [-0.15, -0.1) is 0 Å². The predicted molar refractivity (Wildman–Crippen MR) is 125 cm³/mol. The Bertz CT molecular complexity index is 903. The Labute approximate surface area is 190 Å². The number of carbonyl (C=O) groups excluding carboxylic acids is 1. The number of phenols is 2. The standard InChI is InChI=1S/C25H35N3O4/c1-25(2,26-17-23(31)20-13-21(29)15-22(30)14-20)16-19-6-4-5-18(11-19)12-24(32)28-9-7-27(3)8-10-28/h4-6,11,13-15,23,26,29-31H,7-10,12,16-17H2,1-3H3. The van der Waals surface area contributed by atoms with Gasteiger partial charge in [-0.25, -0.2) is 0 Å². The van der Waals surface area contributed by atoms with Gasteiger partial charge in [0.1, 0.15) is 11.5 Å². The van der Waals surface area contributed by atoms with Crippen LogP contribution in [0, 0.1) is 0 Å². The average molecular weight is 442 g/mol. The van der Waals surface area contributed by atoms with Crippen LogP contribution in [0.15, 0.2) is 42.5 Å². The first kappa shape index (κ1) is 24.0. The zero-order chi connectivity index (χ0) is 23.3. The molecule has 0 spiro atoms. The number of piperazine rings is 1. The summed E-state index contributed by atoms with van der Waals surface area (Å²) in [5.41, 5.74) is 2.28. The lowest BCUT2D eigenvalue weighted by molar-refractivity contribution is -0.132. The summed E-state index contributed by atoms with van der Waals surface area (Å²) in [6.45, 7) is 7.79. The van der Waals surface area contributed by atoms with Crippen molar-refractivity contribution >= 4 is 5.91 Å². The molecular formula is C25H35N3O4. The summed E-state index contributed by atoms with van der Waals surface area (Å²) < 4.78 is 0. The minimum atomic E-state index is -0.861. The Morgan fingerprint density at radius 3 is 2.31 bits per heavy atom. The lowest BCUT2D eigenvalue weighted by Gasteiger charge is -2.32. The third-order valence-corrected chi connectivity index (χ3v) is 5.93. The summed E-state index contributed by atoms with van der Waals surface area (Å²) in [4.78, 5) is 16.8. The third kappa shape index (κ3) is 6.95. The van der Waals surface area contributed by atoms with Crippen LogP contribution in [-0.2, 0) is 17.6 Å². The summed E-state index contributed by atoms with van der Waals surface area (Å²) in [6, 6.07) is 12.2. The molecule has 1 amide bonds. The zero-order valence-electron chi connectivity index (χ0n) is 19.2. The highest BCUT2D eigenvalue weighted by molar-refractivity contribution is 5.79. The Morgan fingerprint density at radius 2 is 1.66 bits per heavy atom. The van der Waals surface area contributed by atoms with Gasteiger partial charge in [-0.3, -0.25) is 4.79 Å². The van der Waals surface area contributed by atoms with Crippen LogP contribution in [-0.4, -0.2) is 76.3 Å². The van der Waals surface area contributed by atoms with Crippen LogP contribution in [0.2, 0.25) is 0 Å². The lowest BCUT2D eigenvalue weighted by Crippen LogP contribution is -2.47. The molecular weight excluding hydrogens is 406 g/mol. The molecule has 1 aliphatic heterocycles. The zero-order valence-corrected chi connectivity index (χ0v) is 19.2. The molecule has 1 atom stereocenters. The number of nitrogens with zero attached hydrogens (tertiary/aromatic N) is 2. The van der Waals surface area contributed by atoms with Crippen molar-refractivity contribution in [1.82, 2.24) is 15.1 Å². The second-order valence-electron chi connectivity index (χ2n) is 9.42. The molecule has 2 aromatic carbocycles. The maximum Gasteiger partial charge on any atom is 0.227 e. The maximum absolute atomic E-state index is 12.7. The van der Waals surface area contributed by atoms with Crippen molar-refractivity contribution < 1.29 is 20.1 Å². The Morgan fingerprint density at radius 1 is 1.03 bits per heavy atom. The number of aliphatic hydroxyl groups is 1. The van der Waals surface area contributed by atoms with Gasteiger partial charge in [0.15, 0.2) is 0 Å². The van der Waals surface area contributed by atoms with Gasteiger partial charge in [0.25, 0.3) is 0 Å². The molecule has 0 aromatic heterocycles. The average Bonchev–Trinajstić information content (AvgIpc) is 2.71. The number of hydrogen-bond donors (Lipinski definition) is 4. The van der Waals surface area contributed by atoms with E-state index in [1.54, 1.807) is 0 Å². The first-order valence-corrected chi connectivity index (χ1v) is 11.1. The van der Waals surface area contributed by atoms with E-state index < -0.39 is 6.10 Å². The van der Waals surface area contributed by atoms with Crippen molar-refractivity contribution in [3.63, 3.8) is 0 Å². The predicted octanol–water partition coefficient (Wildman–Crippen LogP) is 2.06. The van der Waals surface area contributed by atoms with E-state index in [0.29, 0.717) is 12.0 Å². The van der Waals surface area contributed by atoms with Crippen molar-refractivity contribution in [2.24, 2.45) is 0 Å². The molecule has 1 heterocycles. The van der Waals surface area contributed by atoms with E-state index in [0.717, 1.165) is 43.7 Å². The molecule has 0 aliphatic carbocycles. The topological polar surface area (TPSA) is 96.3 Å². The van der Waals surface area contributed by atoms with Crippen molar-refractivity contribution in [2.45, 2.75) is 38.3 Å². The Hall–Kier alpha value is -2.61. The number of carbonyl (C=O) groups is 1. The van der Waals surface area contributed by atoms with Gasteiger partial charge in [-0.1, -0.05) is 24.3 Å². The largest absolute Gasteiger partial charge is 0.508 e. The summed E-state index contributed by atoms with van der Waals surface area (Å²) in [6.07, 6.45) is 0.270. The van der Waals surface area contributed by atoms with Crippen molar-refractivity contribution in [3.8, 4) is 11.5 Å². The van der Waals surface area contributed by atoms with E-state index in [1.165, 1.54) is 18.2 Å².